The van der Waals surface area contributed by atoms with Crippen LogP contribution < -0.4 is 53.2 Å². The number of esters is 1. The third-order valence-corrected chi connectivity index (χ3v) is 28.1. The number of guanidine groups is 1. The van der Waals surface area contributed by atoms with Gasteiger partial charge in [0.15, 0.2) is 34.3 Å². The van der Waals surface area contributed by atoms with Crippen LogP contribution in [0.25, 0.3) is 22.1 Å². The Balaban J connectivity index is 0.000000483. The predicted molar refractivity (Wildman–Crippen MR) is 493 cm³/mol. The first-order valence-electron chi connectivity index (χ1n) is 44.5. The summed E-state index contributed by atoms with van der Waals surface area (Å²) in [5.74, 6) is -1.17. The smallest absolute Gasteiger partial charge is 0.373 e. The maximum absolute atomic E-state index is 15.2. The van der Waals surface area contributed by atoms with Gasteiger partial charge in [-0.2, -0.15) is 47.9 Å². The molecule has 12 rings (SSSR count). The molecule has 0 radical (unpaired) electrons. The maximum atomic E-state index is 15.2. The molecule has 137 heavy (non-hydrogen) atoms. The van der Waals surface area contributed by atoms with Gasteiger partial charge < -0.3 is 82.4 Å². The lowest BCUT2D eigenvalue weighted by atomic mass is 9.47. The van der Waals surface area contributed by atoms with Gasteiger partial charge in [-0.1, -0.05) is 79.6 Å². The lowest BCUT2D eigenvalue weighted by molar-refractivity contribution is -0.203. The zero-order valence-electron chi connectivity index (χ0n) is 78.1. The highest BCUT2D eigenvalue weighted by atomic mass is 33.1. The van der Waals surface area contributed by atoms with Gasteiger partial charge in [0, 0.05) is 151 Å². The van der Waals surface area contributed by atoms with Gasteiger partial charge in [-0.25, -0.2) is 15.0 Å². The summed E-state index contributed by atoms with van der Waals surface area (Å²) in [7, 11) is 8.13. The Morgan fingerprint density at radius 2 is 1.49 bits per heavy atom. The number of aliphatic hydroxyl groups excluding tert-OH is 2. The summed E-state index contributed by atoms with van der Waals surface area (Å²) in [5, 5.41) is 53.8. The lowest BCUT2D eigenvalue weighted by Gasteiger charge is -2.63. The molecule has 15 atom stereocenters. The Morgan fingerprint density at radius 1 is 0.810 bits per heavy atom. The number of aliphatic imine (C=N–C) groups is 1. The van der Waals surface area contributed by atoms with Crippen LogP contribution in [0.2, 0.25) is 0 Å². The van der Waals surface area contributed by atoms with E-state index in [1.54, 1.807) is 72.3 Å². The van der Waals surface area contributed by atoms with Gasteiger partial charge in [-0.15, -0.1) is 0 Å². The number of amides is 3. The van der Waals surface area contributed by atoms with Crippen molar-refractivity contribution in [1.29, 1.82) is 0 Å². The first kappa shape index (κ1) is 113. The van der Waals surface area contributed by atoms with Crippen molar-refractivity contribution in [1.82, 2.24) is 56.0 Å². The van der Waals surface area contributed by atoms with Gasteiger partial charge in [-0.3, -0.25) is 62.7 Å². The summed E-state index contributed by atoms with van der Waals surface area (Å²) < 4.78 is 18.1. The molecule has 3 amide bonds. The number of nitrogens with one attached hydrogen (secondary N) is 7. The lowest BCUT2D eigenvalue weighted by Crippen LogP contribution is -2.81. The van der Waals surface area contributed by atoms with E-state index in [0.717, 1.165) is 57.5 Å². The number of aliphatic hydroxyl groups is 3. The Bertz CT molecular complexity index is 5400. The molecule has 3 aromatic heterocycles. The molecule has 1 aliphatic carbocycles. The highest BCUT2D eigenvalue weighted by Crippen LogP contribution is 2.68. The number of methoxy groups -OCH3 is 1. The largest absolute Gasteiger partial charge is 0.496 e. The zero-order valence-corrected chi connectivity index (χ0v) is 79.7. The van der Waals surface area contributed by atoms with Crippen molar-refractivity contribution in [3.63, 3.8) is 0 Å². The van der Waals surface area contributed by atoms with Crippen LogP contribution in [0.3, 0.4) is 0 Å². The van der Waals surface area contributed by atoms with E-state index >= 15 is 4.79 Å². The quantitative estimate of drug-likeness (QED) is 0.00500. The Hall–Kier alpha value is -12.8. The fraction of sp³-hybridized carbons (Fsp3) is 0.538. The van der Waals surface area contributed by atoms with Gasteiger partial charge in [0.25, 0.3) is 23.8 Å². The molecule has 1 saturated carbocycles. The molecule has 44 heteroatoms. The highest BCUT2D eigenvalue weighted by Gasteiger charge is 2.79. The van der Waals surface area contributed by atoms with E-state index in [2.05, 4.69) is 91.4 Å². The van der Waals surface area contributed by atoms with E-state index in [-0.39, 0.29) is 139 Å². The molecule has 3 aromatic carbocycles. The Morgan fingerprint density at radius 3 is 2.13 bits per heavy atom. The van der Waals surface area contributed by atoms with Crippen LogP contribution in [0, 0.1) is 36.0 Å². The number of aromatic nitrogens is 5. The number of nitrogens with zero attached hydrogens (tertiary/aromatic N) is 7. The van der Waals surface area contributed by atoms with E-state index in [9.17, 15) is 58.5 Å². The molecule has 6 aromatic rings. The number of carbonyl (C=O) groups excluding carboxylic acids is 19. The third kappa shape index (κ3) is 28.2. The van der Waals surface area contributed by atoms with Crippen LogP contribution in [-0.4, -0.2) is 274 Å². The number of fused-ring (bicyclic) bond motifs is 7. The van der Waals surface area contributed by atoms with Crippen molar-refractivity contribution in [2.45, 2.75) is 198 Å². The molecule has 5 aliphatic heterocycles. The standard InChI is InChI=1S/C64H92N10O12S2.C24H28N6O4.5CO2/c1-8-41-30-40-33-62(36-85-37-75,53-43(19-24-74(35-40)55(41)80)42-15-10-11-16-46(42)71-53)45-31-44-48(32-51(45)84-7)72(6)57-63(44)21-25-73-23-14-20-61(9-2,56(63)73)58(81)64(57,83)59(82)69-34-52(78)86-26-28-88-87-27-13-18-49(76)39(4)70-54(79)38(3)29-50(77)47(67-5)17-12-22-68-60(65)66;1-14(15(2)31)11-20(32)5-4-10-25-23(33)17-6-8-18(9-7-17)26-12-19-13-27-22-21(30-19)24(34)29-16(3)28-22;5*2-1-3/h10-11,14-16,20,31-32,37-41,47,55-58,67,71,80-81,83H,8-9,12-13,17-19,21-30,33-36H2,1-7H3,(H,69,82)(H,70,79)(H4,65,66,68);6-9,13-14,26H,4-5,10-12H2,1-3H3,(H,25,33)(H,27,28,29,34);;;;;/t38-,39+,40-,41-,47+,55?,56+,57-,58-,61-,62+,63-,64+;14-;;;;;/m11...../s1. The maximum Gasteiger partial charge on any atom is 0.373 e. The minimum Gasteiger partial charge on any atom is -0.496 e. The number of likely N-dealkylation sites (N-methyl/N-ethyl adjacent to an activating group) is 2. The second-order valence-corrected chi connectivity index (χ2v) is 36.6. The van der Waals surface area contributed by atoms with E-state index in [1.165, 1.54) is 28.5 Å². The molecule has 42 nitrogen and oxygen atoms in total. The van der Waals surface area contributed by atoms with Crippen molar-refractivity contribution in [3.05, 3.63) is 129 Å². The third-order valence-electron chi connectivity index (χ3n) is 25.7. The molecule has 2 unspecified atom stereocenters. The summed E-state index contributed by atoms with van der Waals surface area (Å²) in [6.07, 6.45) is 11.3. The summed E-state index contributed by atoms with van der Waals surface area (Å²) >= 11 is 0. The number of carbonyl (C=O) groups is 9. The van der Waals surface area contributed by atoms with E-state index < -0.39 is 76.6 Å². The SMILES string of the molecule is CC(=O)[C@H](C)CC(=O)CCCNC(=O)c1ccc(NCc2cnc3nc(C)[nH]c(=O)c3n2)cc1.CC[C@@H]1C[C@H]2CN(CCc3c([nH]c4ccccc34)[C@@](COC=O)(c3cc4c(cc3OC)N(C)[C@H]3[C@@](O)(C(=O)NCC(=O)OCCSSCCCC(=O)[C@H](C)NC(=O)[C@H](C)CC(=O)[C@H](CCCN=C(N)N)NC)[C@H](O)[C@]5(CC)C=CCN6CC[C@]43[C@@H]65)C2)C1O.O=C=O.O=C=O.O=C=O.O=C=O.O=C=O. The monoisotopic (exact) mass is 1940 g/mol. The zero-order chi connectivity index (χ0) is 101. The van der Waals surface area contributed by atoms with Crippen LogP contribution in [0.5, 0.6) is 5.75 Å². The van der Waals surface area contributed by atoms with Gasteiger partial charge in [0.2, 0.25) is 5.91 Å². The number of aromatic amines is 2. The number of rotatable bonds is 40. The summed E-state index contributed by atoms with van der Waals surface area (Å²) in [6, 6.07) is 16.7. The number of anilines is 2. The molecule has 8 heterocycles. The molecule has 2 bridgehead atoms. The number of piperidine rings is 1. The minimum atomic E-state index is -2.47. The number of Topliss-reactive ketones (excluding diaryl/α,β-unsaturated/α-hetero) is 4. The minimum absolute atomic E-state index is 0.00685. The van der Waals surface area contributed by atoms with Crippen molar-refractivity contribution < 1.29 is 121 Å². The fourth-order valence-electron chi connectivity index (χ4n) is 19.5. The van der Waals surface area contributed by atoms with Crippen molar-refractivity contribution in [2.75, 3.05) is 102 Å². The normalized spacial score (nSPS) is 22.2. The number of benzene rings is 3. The fourth-order valence-corrected chi connectivity index (χ4v) is 21.4. The van der Waals surface area contributed by atoms with Gasteiger partial charge in [0.05, 0.1) is 49.1 Å². The molecule has 2 saturated heterocycles. The summed E-state index contributed by atoms with van der Waals surface area (Å²) in [4.78, 5) is 238. The van der Waals surface area contributed by atoms with Gasteiger partial charge in [-0.05, 0) is 158 Å². The molecule has 3 fully saturated rings. The Labute approximate surface area is 797 Å². The van der Waals surface area contributed by atoms with Crippen LogP contribution in [-0.2, 0) is 120 Å². The van der Waals surface area contributed by atoms with E-state index in [1.807, 2.05) is 49.2 Å². The van der Waals surface area contributed by atoms with Gasteiger partial charge in [0.1, 0.15) is 55.2 Å². The number of ketones is 4. The second kappa shape index (κ2) is 54.8. The molecular weight excluding hydrogens is 1820 g/mol. The summed E-state index contributed by atoms with van der Waals surface area (Å²) in [6.45, 7) is 15.9. The van der Waals surface area contributed by atoms with E-state index in [0.29, 0.717) is 150 Å². The average Bonchev–Trinajstić information content (AvgIpc) is 1.49. The highest BCUT2D eigenvalue weighted by molar-refractivity contribution is 8.76. The predicted octanol–water partition coefficient (Wildman–Crippen LogP) is 2.99. The van der Waals surface area contributed by atoms with E-state index in [4.69, 9.17) is 73.6 Å². The second-order valence-electron chi connectivity index (χ2n) is 33.9. The van der Waals surface area contributed by atoms with Crippen molar-refractivity contribution in [2.24, 2.45) is 45.5 Å². The molecule has 14 N–H and O–H groups in total. The molecule has 1 spiro atoms. The number of hydrogen-bond donors (Lipinski definition) is 12. The van der Waals surface area contributed by atoms with Crippen LogP contribution >= 0.6 is 21.6 Å². The number of nitrogens with two attached hydrogens (primary N) is 2. The summed E-state index contributed by atoms with van der Waals surface area (Å²) in [5.41, 5.74) is 12.5. The molecule has 6 aliphatic rings. The van der Waals surface area contributed by atoms with Crippen molar-refractivity contribution in [3.8, 4) is 5.75 Å². The van der Waals surface area contributed by atoms with Crippen molar-refractivity contribution >= 4 is 145 Å². The molecule has 740 valence electrons. The topological polar surface area (TPSA) is 634 Å². The van der Waals surface area contributed by atoms with Crippen LogP contribution in [0.15, 0.2) is 88.8 Å². The first-order chi connectivity index (χ1) is 65.5. The number of H-pyrrole nitrogens is 2. The first-order valence-corrected chi connectivity index (χ1v) is 47.0. The number of aryl methyl sites for hydroxylation is 1. The number of ether oxygens (including phenoxy) is 3. The number of hydrogen-bond acceptors (Lipinski definition) is 37. The average molecular weight is 1940 g/mol. The van der Waals surface area contributed by atoms with Crippen LogP contribution in [0.1, 0.15) is 169 Å². The Kier molecular flexibility index (Phi) is 45.2. The molecular formula is C93H120N16O26S2. The van der Waals surface area contributed by atoms with Gasteiger partial charge >= 0.3 is 36.7 Å². The number of para-hydroxylation sites is 1. The van der Waals surface area contributed by atoms with Crippen LogP contribution in [0.4, 0.5) is 11.4 Å².